The fraction of sp³-hybridized carbons (Fsp3) is 0.125. The smallest absolute Gasteiger partial charge is 0.336 e. The van der Waals surface area contributed by atoms with E-state index in [2.05, 4.69) is 5.32 Å². The summed E-state index contributed by atoms with van der Waals surface area (Å²) >= 11 is 5.76. The predicted molar refractivity (Wildman–Crippen MR) is 83.7 cm³/mol. The maximum atomic E-state index is 11.9. The molecule has 5 nitrogen and oxygen atoms in total. The molecule has 2 aromatic rings. The number of carbonyl (C=O) groups is 2. The average Bonchev–Trinajstić information content (AvgIpc) is 2.48. The van der Waals surface area contributed by atoms with Crippen molar-refractivity contribution in [3.05, 3.63) is 58.6 Å². The highest BCUT2D eigenvalue weighted by molar-refractivity contribution is 6.30. The van der Waals surface area contributed by atoms with Crippen LogP contribution in [0.2, 0.25) is 5.02 Å². The van der Waals surface area contributed by atoms with Crippen molar-refractivity contribution in [2.24, 2.45) is 0 Å². The van der Waals surface area contributed by atoms with Gasteiger partial charge in [-0.15, -0.1) is 0 Å². The Morgan fingerprint density at radius 1 is 1.18 bits per heavy atom. The SMILES string of the molecule is Cc1c(NC(=O)COc2ccc(Cl)cc2)cccc1C(=O)O. The van der Waals surface area contributed by atoms with Gasteiger partial charge in [0.15, 0.2) is 6.61 Å². The van der Waals surface area contributed by atoms with Gasteiger partial charge in [-0.1, -0.05) is 17.7 Å². The molecule has 0 aliphatic rings. The Morgan fingerprint density at radius 3 is 2.50 bits per heavy atom. The molecule has 22 heavy (non-hydrogen) atoms. The summed E-state index contributed by atoms with van der Waals surface area (Å²) in [5.74, 6) is -0.887. The minimum absolute atomic E-state index is 0.149. The Labute approximate surface area is 132 Å². The number of ether oxygens (including phenoxy) is 1. The number of benzene rings is 2. The molecule has 0 atom stereocenters. The third-order valence-corrected chi connectivity index (χ3v) is 3.27. The van der Waals surface area contributed by atoms with Crippen LogP contribution >= 0.6 is 11.6 Å². The number of hydrogen-bond acceptors (Lipinski definition) is 3. The van der Waals surface area contributed by atoms with Gasteiger partial charge in [0.05, 0.1) is 5.56 Å². The highest BCUT2D eigenvalue weighted by Crippen LogP contribution is 2.19. The van der Waals surface area contributed by atoms with E-state index in [-0.39, 0.29) is 18.1 Å². The summed E-state index contributed by atoms with van der Waals surface area (Å²) in [5.41, 5.74) is 1.09. The predicted octanol–water partition coefficient (Wildman–Crippen LogP) is 3.36. The van der Waals surface area contributed by atoms with Crippen molar-refractivity contribution in [1.82, 2.24) is 0 Å². The van der Waals surface area contributed by atoms with Crippen LogP contribution in [-0.4, -0.2) is 23.6 Å². The van der Waals surface area contributed by atoms with Crippen molar-refractivity contribution < 1.29 is 19.4 Å². The molecule has 6 heteroatoms. The Bertz CT molecular complexity index is 698. The van der Waals surface area contributed by atoms with Gasteiger partial charge < -0.3 is 15.2 Å². The van der Waals surface area contributed by atoms with Gasteiger partial charge in [-0.2, -0.15) is 0 Å². The topological polar surface area (TPSA) is 75.6 Å². The number of aromatic carboxylic acids is 1. The third-order valence-electron chi connectivity index (χ3n) is 3.02. The molecule has 0 radical (unpaired) electrons. The normalized spacial score (nSPS) is 10.1. The summed E-state index contributed by atoms with van der Waals surface area (Å²) < 4.78 is 5.33. The molecule has 0 spiro atoms. The maximum absolute atomic E-state index is 11.9. The number of amides is 1. The van der Waals surface area contributed by atoms with Crippen LogP contribution in [0.15, 0.2) is 42.5 Å². The Hall–Kier alpha value is -2.53. The van der Waals surface area contributed by atoms with Gasteiger partial charge in [0.2, 0.25) is 0 Å². The van der Waals surface area contributed by atoms with Gasteiger partial charge in [0.25, 0.3) is 5.91 Å². The number of halogens is 1. The fourth-order valence-corrected chi connectivity index (χ4v) is 1.99. The summed E-state index contributed by atoms with van der Waals surface area (Å²) in [6.07, 6.45) is 0. The molecular formula is C16H14ClNO4. The number of rotatable bonds is 5. The van der Waals surface area contributed by atoms with E-state index in [0.29, 0.717) is 22.0 Å². The zero-order valence-electron chi connectivity index (χ0n) is 11.8. The van der Waals surface area contributed by atoms with Crippen molar-refractivity contribution >= 4 is 29.2 Å². The summed E-state index contributed by atoms with van der Waals surface area (Å²) in [5, 5.41) is 12.3. The monoisotopic (exact) mass is 319 g/mol. The van der Waals surface area contributed by atoms with Crippen LogP contribution in [0.1, 0.15) is 15.9 Å². The number of nitrogens with one attached hydrogen (secondary N) is 1. The zero-order chi connectivity index (χ0) is 16.1. The van der Waals surface area contributed by atoms with E-state index in [4.69, 9.17) is 21.4 Å². The minimum atomic E-state index is -1.04. The highest BCUT2D eigenvalue weighted by Gasteiger charge is 2.12. The molecule has 0 aliphatic heterocycles. The van der Waals surface area contributed by atoms with Crippen LogP contribution in [0, 0.1) is 6.92 Å². The molecule has 1 amide bonds. The number of hydrogen-bond donors (Lipinski definition) is 2. The van der Waals surface area contributed by atoms with E-state index in [0.717, 1.165) is 0 Å². The van der Waals surface area contributed by atoms with Crippen molar-refractivity contribution in [1.29, 1.82) is 0 Å². The Balaban J connectivity index is 1.99. The van der Waals surface area contributed by atoms with E-state index >= 15 is 0 Å². The van der Waals surface area contributed by atoms with Gasteiger partial charge in [-0.3, -0.25) is 4.79 Å². The summed E-state index contributed by atoms with van der Waals surface area (Å²) in [6, 6.07) is 11.3. The lowest BCUT2D eigenvalue weighted by atomic mass is 10.1. The van der Waals surface area contributed by atoms with Gasteiger partial charge in [-0.25, -0.2) is 4.79 Å². The van der Waals surface area contributed by atoms with Crippen LogP contribution in [0.25, 0.3) is 0 Å². The van der Waals surface area contributed by atoms with Gasteiger partial charge in [0, 0.05) is 10.7 Å². The molecule has 0 saturated carbocycles. The molecule has 0 fully saturated rings. The molecule has 2 aromatic carbocycles. The third kappa shape index (κ3) is 3.99. The van der Waals surface area contributed by atoms with Crippen molar-refractivity contribution in [3.8, 4) is 5.75 Å². The lowest BCUT2D eigenvalue weighted by Crippen LogP contribution is -2.21. The number of carboxylic acid groups (broad SMARTS) is 1. The second-order valence-corrected chi connectivity index (χ2v) is 5.01. The van der Waals surface area contributed by atoms with Gasteiger partial charge in [0.1, 0.15) is 5.75 Å². The standard InChI is InChI=1S/C16H14ClNO4/c1-10-13(16(20)21)3-2-4-14(10)18-15(19)9-22-12-7-5-11(17)6-8-12/h2-8H,9H2,1H3,(H,18,19)(H,20,21). The molecular weight excluding hydrogens is 306 g/mol. The quantitative estimate of drug-likeness (QED) is 0.886. The summed E-state index contributed by atoms with van der Waals surface area (Å²) in [6.45, 7) is 1.46. The first-order valence-corrected chi connectivity index (χ1v) is 6.86. The van der Waals surface area contributed by atoms with E-state index in [9.17, 15) is 9.59 Å². The number of carbonyl (C=O) groups excluding carboxylic acids is 1. The van der Waals surface area contributed by atoms with Gasteiger partial charge in [-0.05, 0) is 48.9 Å². The van der Waals surface area contributed by atoms with Crippen LogP contribution in [0.3, 0.4) is 0 Å². The molecule has 0 bridgehead atoms. The van der Waals surface area contributed by atoms with Crippen molar-refractivity contribution in [2.45, 2.75) is 6.92 Å². The van der Waals surface area contributed by atoms with Crippen LogP contribution in [0.5, 0.6) is 5.75 Å². The van der Waals surface area contributed by atoms with Gasteiger partial charge >= 0.3 is 5.97 Å². The molecule has 0 aliphatic carbocycles. The minimum Gasteiger partial charge on any atom is -0.484 e. The summed E-state index contributed by atoms with van der Waals surface area (Å²) in [7, 11) is 0. The molecule has 0 unspecified atom stereocenters. The summed E-state index contributed by atoms with van der Waals surface area (Å²) in [4.78, 5) is 22.9. The molecule has 2 N–H and O–H groups in total. The average molecular weight is 320 g/mol. The maximum Gasteiger partial charge on any atom is 0.336 e. The molecule has 0 aromatic heterocycles. The van der Waals surface area contributed by atoms with E-state index in [1.807, 2.05) is 0 Å². The van der Waals surface area contributed by atoms with Crippen LogP contribution < -0.4 is 10.1 Å². The molecule has 0 heterocycles. The number of carboxylic acids is 1. The molecule has 114 valence electrons. The van der Waals surface area contributed by atoms with Crippen LogP contribution in [-0.2, 0) is 4.79 Å². The molecule has 0 saturated heterocycles. The zero-order valence-corrected chi connectivity index (χ0v) is 12.6. The van der Waals surface area contributed by atoms with E-state index in [1.165, 1.54) is 6.07 Å². The van der Waals surface area contributed by atoms with E-state index < -0.39 is 5.97 Å². The lowest BCUT2D eigenvalue weighted by Gasteiger charge is -2.11. The second kappa shape index (κ2) is 6.95. The first-order valence-electron chi connectivity index (χ1n) is 6.48. The first-order chi connectivity index (χ1) is 10.5. The Morgan fingerprint density at radius 2 is 1.86 bits per heavy atom. The van der Waals surface area contributed by atoms with Crippen LogP contribution in [0.4, 0.5) is 5.69 Å². The second-order valence-electron chi connectivity index (χ2n) is 4.57. The lowest BCUT2D eigenvalue weighted by molar-refractivity contribution is -0.118. The first kappa shape index (κ1) is 15.9. The van der Waals surface area contributed by atoms with Crippen molar-refractivity contribution in [2.75, 3.05) is 11.9 Å². The fourth-order valence-electron chi connectivity index (χ4n) is 1.87. The Kier molecular flexibility index (Phi) is 5.01. The van der Waals surface area contributed by atoms with Crippen molar-refractivity contribution in [3.63, 3.8) is 0 Å². The highest BCUT2D eigenvalue weighted by atomic mass is 35.5. The van der Waals surface area contributed by atoms with E-state index in [1.54, 1.807) is 43.3 Å². The number of anilines is 1. The largest absolute Gasteiger partial charge is 0.484 e. The molecule has 2 rings (SSSR count).